The topological polar surface area (TPSA) is 61.8 Å². The third kappa shape index (κ3) is 3.63. The van der Waals surface area contributed by atoms with E-state index in [1.807, 2.05) is 0 Å². The molecule has 2 rings (SSSR count). The molecule has 0 unspecified atom stereocenters. The monoisotopic (exact) mass is 300 g/mol. The molecule has 0 aromatic heterocycles. The maximum atomic E-state index is 12.1. The highest BCUT2D eigenvalue weighted by Gasteiger charge is 2.16. The fourth-order valence-electron chi connectivity index (χ4n) is 1.82. The Morgan fingerprint density at radius 2 is 1.64 bits per heavy atom. The van der Waals surface area contributed by atoms with E-state index in [9.17, 15) is 9.59 Å². The molecule has 2 aromatic rings. The minimum absolute atomic E-state index is 0.168. The van der Waals surface area contributed by atoms with Gasteiger partial charge in [-0.15, -0.1) is 0 Å². The van der Waals surface area contributed by atoms with Gasteiger partial charge in [0.05, 0.1) is 19.3 Å². The molecule has 0 atom stereocenters. The van der Waals surface area contributed by atoms with Gasteiger partial charge < -0.3 is 14.2 Å². The lowest BCUT2D eigenvalue weighted by Gasteiger charge is -2.09. The molecule has 0 bridgehead atoms. The third-order valence-corrected chi connectivity index (χ3v) is 2.91. The highest BCUT2D eigenvalue weighted by atomic mass is 16.5. The smallest absolute Gasteiger partial charge is 0.343 e. The number of carbonyl (C=O) groups is 2. The van der Waals surface area contributed by atoms with Gasteiger partial charge in [0.1, 0.15) is 17.1 Å². The van der Waals surface area contributed by atoms with E-state index in [0.29, 0.717) is 11.3 Å². The van der Waals surface area contributed by atoms with E-state index in [0.717, 1.165) is 0 Å². The lowest BCUT2D eigenvalue weighted by Crippen LogP contribution is -2.13. The number of carbonyl (C=O) groups excluding carboxylic acids is 2. The van der Waals surface area contributed by atoms with Crippen LogP contribution >= 0.6 is 0 Å². The van der Waals surface area contributed by atoms with Crippen LogP contribution in [0.4, 0.5) is 0 Å². The molecule has 0 aliphatic carbocycles. The fourth-order valence-corrected chi connectivity index (χ4v) is 1.82. The van der Waals surface area contributed by atoms with Crippen molar-refractivity contribution in [1.82, 2.24) is 0 Å². The van der Waals surface area contributed by atoms with Crippen LogP contribution in [0.2, 0.25) is 0 Å². The van der Waals surface area contributed by atoms with E-state index in [1.165, 1.54) is 0 Å². The Morgan fingerprint density at radius 1 is 0.955 bits per heavy atom. The summed E-state index contributed by atoms with van der Waals surface area (Å²) in [6.07, 6.45) is 0. The summed E-state index contributed by atoms with van der Waals surface area (Å²) in [5, 5.41) is 0. The van der Waals surface area contributed by atoms with Gasteiger partial charge in [0.25, 0.3) is 0 Å². The van der Waals surface area contributed by atoms with Crippen LogP contribution in [0.3, 0.4) is 0 Å². The summed E-state index contributed by atoms with van der Waals surface area (Å²) in [5.74, 6) is -0.273. The molecule has 114 valence electrons. The zero-order chi connectivity index (χ0) is 15.9. The minimum atomic E-state index is -0.556. The standard InChI is InChI=1S/C17H16O5/c1-3-21-17(19)14-6-4-5-7-15(14)22-16(18)12-8-10-13(20-2)11-9-12/h4-11H,3H2,1-2H3. The molecule has 5 heteroatoms. The normalized spacial score (nSPS) is 9.91. The van der Waals surface area contributed by atoms with Gasteiger partial charge in [-0.1, -0.05) is 12.1 Å². The third-order valence-electron chi connectivity index (χ3n) is 2.91. The number of hydrogen-bond donors (Lipinski definition) is 0. The first-order valence-corrected chi connectivity index (χ1v) is 6.78. The van der Waals surface area contributed by atoms with Gasteiger partial charge in [0, 0.05) is 0 Å². The lowest BCUT2D eigenvalue weighted by atomic mass is 10.2. The van der Waals surface area contributed by atoms with Crippen molar-refractivity contribution < 1.29 is 23.8 Å². The van der Waals surface area contributed by atoms with E-state index < -0.39 is 11.9 Å². The zero-order valence-electron chi connectivity index (χ0n) is 12.4. The Labute approximate surface area is 128 Å². The van der Waals surface area contributed by atoms with Crippen LogP contribution in [0.15, 0.2) is 48.5 Å². The first-order chi connectivity index (χ1) is 10.7. The van der Waals surface area contributed by atoms with Crippen molar-refractivity contribution in [1.29, 1.82) is 0 Å². The van der Waals surface area contributed by atoms with Crippen molar-refractivity contribution in [3.63, 3.8) is 0 Å². The predicted molar refractivity (Wildman–Crippen MR) is 80.4 cm³/mol. The molecule has 0 spiro atoms. The van der Waals surface area contributed by atoms with Gasteiger partial charge in [-0.2, -0.15) is 0 Å². The van der Waals surface area contributed by atoms with Gasteiger partial charge in [0.2, 0.25) is 0 Å². The van der Waals surface area contributed by atoms with Crippen LogP contribution in [0.1, 0.15) is 27.6 Å². The summed E-state index contributed by atoms with van der Waals surface area (Å²) in [4.78, 5) is 24.0. The molecule has 0 amide bonds. The molecule has 5 nitrogen and oxygen atoms in total. The molecule has 0 aliphatic rings. The van der Waals surface area contributed by atoms with Crippen molar-refractivity contribution in [3.05, 3.63) is 59.7 Å². The summed E-state index contributed by atoms with van der Waals surface area (Å²) in [5.41, 5.74) is 0.575. The number of benzene rings is 2. The van der Waals surface area contributed by atoms with Crippen molar-refractivity contribution in [2.45, 2.75) is 6.92 Å². The molecular weight excluding hydrogens is 284 g/mol. The number of ether oxygens (including phenoxy) is 3. The van der Waals surface area contributed by atoms with Crippen molar-refractivity contribution in [2.75, 3.05) is 13.7 Å². The Hall–Kier alpha value is -2.82. The SMILES string of the molecule is CCOC(=O)c1ccccc1OC(=O)c1ccc(OC)cc1. The number of rotatable bonds is 5. The fraction of sp³-hybridized carbons (Fsp3) is 0.176. The summed E-state index contributed by atoms with van der Waals surface area (Å²) < 4.78 is 15.3. The van der Waals surface area contributed by atoms with Gasteiger partial charge in [-0.05, 0) is 43.3 Å². The van der Waals surface area contributed by atoms with Crippen LogP contribution < -0.4 is 9.47 Å². The molecule has 0 N–H and O–H groups in total. The molecule has 22 heavy (non-hydrogen) atoms. The summed E-state index contributed by atoms with van der Waals surface area (Å²) in [6.45, 7) is 1.96. The summed E-state index contributed by atoms with van der Waals surface area (Å²) in [7, 11) is 1.54. The molecule has 0 saturated carbocycles. The molecule has 0 heterocycles. The summed E-state index contributed by atoms with van der Waals surface area (Å²) in [6, 6.07) is 13.0. The van der Waals surface area contributed by atoms with E-state index >= 15 is 0 Å². The average molecular weight is 300 g/mol. The second-order valence-electron chi connectivity index (χ2n) is 4.33. The van der Waals surface area contributed by atoms with Crippen LogP contribution in [-0.2, 0) is 4.74 Å². The van der Waals surface area contributed by atoms with E-state index in [4.69, 9.17) is 14.2 Å². The highest BCUT2D eigenvalue weighted by Crippen LogP contribution is 2.21. The molecule has 0 radical (unpaired) electrons. The molecule has 0 aliphatic heterocycles. The van der Waals surface area contributed by atoms with E-state index in [1.54, 1.807) is 62.6 Å². The second kappa shape index (κ2) is 7.26. The molecule has 0 saturated heterocycles. The lowest BCUT2D eigenvalue weighted by molar-refractivity contribution is 0.0520. The zero-order valence-corrected chi connectivity index (χ0v) is 12.4. The van der Waals surface area contributed by atoms with Gasteiger partial charge in [-0.3, -0.25) is 0 Å². The van der Waals surface area contributed by atoms with Crippen LogP contribution in [0.5, 0.6) is 11.5 Å². The predicted octanol–water partition coefficient (Wildman–Crippen LogP) is 3.09. The number of para-hydroxylation sites is 1. The van der Waals surface area contributed by atoms with E-state index in [-0.39, 0.29) is 17.9 Å². The molecule has 0 fully saturated rings. The maximum absolute atomic E-state index is 12.1. The van der Waals surface area contributed by atoms with Crippen LogP contribution in [0, 0.1) is 0 Å². The first kappa shape index (κ1) is 15.6. The average Bonchev–Trinajstić information content (AvgIpc) is 2.55. The summed E-state index contributed by atoms with van der Waals surface area (Å²) >= 11 is 0. The van der Waals surface area contributed by atoms with Crippen LogP contribution in [-0.4, -0.2) is 25.7 Å². The second-order valence-corrected chi connectivity index (χ2v) is 4.33. The van der Waals surface area contributed by atoms with E-state index in [2.05, 4.69) is 0 Å². The molecule has 2 aromatic carbocycles. The maximum Gasteiger partial charge on any atom is 0.343 e. The van der Waals surface area contributed by atoms with Crippen molar-refractivity contribution in [2.24, 2.45) is 0 Å². The number of hydrogen-bond acceptors (Lipinski definition) is 5. The Morgan fingerprint density at radius 3 is 2.27 bits per heavy atom. The van der Waals surface area contributed by atoms with Crippen molar-refractivity contribution in [3.8, 4) is 11.5 Å². The highest BCUT2D eigenvalue weighted by molar-refractivity contribution is 5.96. The van der Waals surface area contributed by atoms with Gasteiger partial charge in [-0.25, -0.2) is 9.59 Å². The Kier molecular flexibility index (Phi) is 5.14. The van der Waals surface area contributed by atoms with Gasteiger partial charge >= 0.3 is 11.9 Å². The van der Waals surface area contributed by atoms with Gasteiger partial charge in [0.15, 0.2) is 0 Å². The first-order valence-electron chi connectivity index (χ1n) is 6.78. The molecular formula is C17H16O5. The quantitative estimate of drug-likeness (QED) is 0.627. The van der Waals surface area contributed by atoms with Crippen molar-refractivity contribution >= 4 is 11.9 Å². The number of esters is 2. The number of methoxy groups -OCH3 is 1. The Bertz CT molecular complexity index is 661. The minimum Gasteiger partial charge on any atom is -0.497 e. The Balaban J connectivity index is 2.19. The van der Waals surface area contributed by atoms with Crippen LogP contribution in [0.25, 0.3) is 0 Å². The largest absolute Gasteiger partial charge is 0.497 e.